The minimum absolute atomic E-state index is 0.152. The number of likely N-dealkylation sites (tertiary alicyclic amines) is 1. The molecule has 3 aliphatic rings. The molecule has 3 amide bonds. The van der Waals surface area contributed by atoms with Crippen molar-refractivity contribution in [1.82, 2.24) is 10.2 Å². The number of hydrogen-bond acceptors (Lipinski definition) is 6. The number of para-hydroxylation sites is 1. The predicted molar refractivity (Wildman–Crippen MR) is 111 cm³/mol. The number of benzene rings is 2. The number of anilines is 1. The average Bonchev–Trinajstić information content (AvgIpc) is 3.33. The monoisotopic (exact) mass is 421 g/mol. The van der Waals surface area contributed by atoms with E-state index in [1.54, 1.807) is 30.3 Å². The smallest absolute Gasteiger partial charge is 0.250 e. The van der Waals surface area contributed by atoms with Crippen molar-refractivity contribution < 1.29 is 24.2 Å². The zero-order valence-electron chi connectivity index (χ0n) is 17.0. The fourth-order valence-electron chi connectivity index (χ4n) is 5.28. The lowest BCUT2D eigenvalue weighted by Gasteiger charge is -2.29. The Morgan fingerprint density at radius 3 is 2.55 bits per heavy atom. The van der Waals surface area contributed by atoms with E-state index in [2.05, 4.69) is 10.6 Å². The summed E-state index contributed by atoms with van der Waals surface area (Å²) in [5, 5.41) is 15.9. The summed E-state index contributed by atoms with van der Waals surface area (Å²) in [5.74, 6) is -2.29. The molecular weight excluding hydrogens is 398 g/mol. The highest BCUT2D eigenvalue weighted by Gasteiger charge is 2.70. The van der Waals surface area contributed by atoms with Crippen LogP contribution in [-0.2, 0) is 31.1 Å². The quantitative estimate of drug-likeness (QED) is 0.622. The van der Waals surface area contributed by atoms with Crippen LogP contribution in [-0.4, -0.2) is 54.0 Å². The maximum atomic E-state index is 13.5. The molecule has 8 nitrogen and oxygen atoms in total. The van der Waals surface area contributed by atoms with Crippen molar-refractivity contribution in [3.63, 3.8) is 0 Å². The van der Waals surface area contributed by atoms with Crippen LogP contribution in [0.2, 0.25) is 0 Å². The first-order valence-electron chi connectivity index (χ1n) is 10.3. The SMILES string of the molecule is COCCN1C(=O)[C@H]2[C@@H](C1=O)[C@]1(N[C@@H]2Cc2ccc(O)cc2)C(=O)Nc2ccccc21. The zero-order chi connectivity index (χ0) is 21.8. The number of methoxy groups -OCH3 is 1. The number of carbonyl (C=O) groups is 3. The second-order valence-electron chi connectivity index (χ2n) is 8.25. The molecule has 8 heteroatoms. The van der Waals surface area contributed by atoms with Gasteiger partial charge in [0, 0.05) is 24.4 Å². The van der Waals surface area contributed by atoms with Gasteiger partial charge in [0.05, 0.1) is 25.0 Å². The molecule has 2 aromatic rings. The standard InChI is InChI=1S/C23H23N3O5/c1-31-11-10-26-20(28)18-17(12-13-6-8-14(27)9-7-13)25-23(19(18)21(26)29)15-4-2-3-5-16(15)24-22(23)30/h2-9,17-19,25,27H,10-12H2,1H3,(H,24,30)/t17-,18-,19+,23+/m1/s1. The molecule has 2 fully saturated rings. The van der Waals surface area contributed by atoms with Crippen LogP contribution in [0.5, 0.6) is 5.75 Å². The average molecular weight is 421 g/mol. The fraction of sp³-hybridized carbons (Fsp3) is 0.348. The number of imide groups is 1. The third-order valence-corrected chi connectivity index (χ3v) is 6.62. The summed E-state index contributed by atoms with van der Waals surface area (Å²) in [7, 11) is 1.52. The molecule has 1 spiro atoms. The number of hydrogen-bond donors (Lipinski definition) is 3. The molecule has 0 radical (unpaired) electrons. The van der Waals surface area contributed by atoms with Crippen LogP contribution >= 0.6 is 0 Å². The van der Waals surface area contributed by atoms with E-state index in [1.807, 2.05) is 18.2 Å². The van der Waals surface area contributed by atoms with E-state index in [4.69, 9.17) is 4.74 Å². The predicted octanol–water partition coefficient (Wildman–Crippen LogP) is 1.00. The topological polar surface area (TPSA) is 108 Å². The lowest BCUT2D eigenvalue weighted by atomic mass is 9.76. The number of amides is 3. The van der Waals surface area contributed by atoms with Crippen LogP contribution in [0.3, 0.4) is 0 Å². The Morgan fingerprint density at radius 1 is 1.06 bits per heavy atom. The second kappa shape index (κ2) is 7.18. The van der Waals surface area contributed by atoms with Crippen molar-refractivity contribution in [2.75, 3.05) is 25.6 Å². The van der Waals surface area contributed by atoms with E-state index < -0.39 is 23.4 Å². The molecule has 0 unspecified atom stereocenters. The van der Waals surface area contributed by atoms with Crippen LogP contribution in [0.25, 0.3) is 0 Å². The molecule has 31 heavy (non-hydrogen) atoms. The molecule has 4 atom stereocenters. The number of nitrogens with one attached hydrogen (secondary N) is 2. The van der Waals surface area contributed by atoms with Crippen molar-refractivity contribution in [1.29, 1.82) is 0 Å². The van der Waals surface area contributed by atoms with Gasteiger partial charge in [-0.3, -0.25) is 24.6 Å². The highest BCUT2D eigenvalue weighted by Crippen LogP contribution is 2.53. The van der Waals surface area contributed by atoms with Crippen LogP contribution in [0.1, 0.15) is 11.1 Å². The first kappa shape index (κ1) is 19.7. The highest BCUT2D eigenvalue weighted by molar-refractivity contribution is 6.15. The summed E-state index contributed by atoms with van der Waals surface area (Å²) < 4.78 is 5.09. The van der Waals surface area contributed by atoms with E-state index in [0.29, 0.717) is 17.7 Å². The summed E-state index contributed by atoms with van der Waals surface area (Å²) in [4.78, 5) is 41.3. The highest BCUT2D eigenvalue weighted by atomic mass is 16.5. The summed E-state index contributed by atoms with van der Waals surface area (Å²) >= 11 is 0. The van der Waals surface area contributed by atoms with Crippen LogP contribution < -0.4 is 10.6 Å². The van der Waals surface area contributed by atoms with Gasteiger partial charge in [-0.15, -0.1) is 0 Å². The van der Waals surface area contributed by atoms with Gasteiger partial charge in [-0.25, -0.2) is 0 Å². The largest absolute Gasteiger partial charge is 0.508 e. The fourth-order valence-corrected chi connectivity index (χ4v) is 5.28. The number of aromatic hydroxyl groups is 1. The molecule has 2 saturated heterocycles. The Bertz CT molecular complexity index is 1070. The first-order chi connectivity index (χ1) is 15.0. The molecule has 3 aliphatic heterocycles. The van der Waals surface area contributed by atoms with Crippen LogP contribution in [0, 0.1) is 11.8 Å². The molecule has 160 valence electrons. The summed E-state index contributed by atoms with van der Waals surface area (Å²) in [6.45, 7) is 0.398. The molecule has 3 heterocycles. The number of fused-ring (bicyclic) bond motifs is 4. The Balaban J connectivity index is 1.59. The van der Waals surface area contributed by atoms with Gasteiger partial charge in [0.25, 0.3) is 0 Å². The minimum atomic E-state index is -1.29. The summed E-state index contributed by atoms with van der Waals surface area (Å²) in [5.41, 5.74) is 0.947. The third kappa shape index (κ3) is 2.79. The van der Waals surface area contributed by atoms with Crippen LogP contribution in [0.15, 0.2) is 48.5 Å². The van der Waals surface area contributed by atoms with Gasteiger partial charge in [0.15, 0.2) is 0 Å². The van der Waals surface area contributed by atoms with E-state index in [1.165, 1.54) is 12.0 Å². The van der Waals surface area contributed by atoms with E-state index in [0.717, 1.165) is 5.56 Å². The van der Waals surface area contributed by atoms with Gasteiger partial charge < -0.3 is 15.2 Å². The number of carbonyl (C=O) groups excluding carboxylic acids is 3. The first-order valence-corrected chi connectivity index (χ1v) is 10.3. The Kier molecular flexibility index (Phi) is 4.56. The number of rotatable bonds is 5. The normalized spacial score (nSPS) is 28.9. The van der Waals surface area contributed by atoms with E-state index in [9.17, 15) is 19.5 Å². The number of phenols is 1. The molecule has 0 saturated carbocycles. The molecule has 3 N–H and O–H groups in total. The molecule has 0 bridgehead atoms. The molecule has 0 aromatic heterocycles. The maximum Gasteiger partial charge on any atom is 0.250 e. The summed E-state index contributed by atoms with van der Waals surface area (Å²) in [6.07, 6.45) is 0.440. The molecule has 2 aromatic carbocycles. The lowest BCUT2D eigenvalue weighted by Crippen LogP contribution is -2.53. The van der Waals surface area contributed by atoms with Gasteiger partial charge in [-0.05, 0) is 30.2 Å². The Labute approximate surface area is 179 Å². The van der Waals surface area contributed by atoms with Crippen molar-refractivity contribution in [3.05, 3.63) is 59.7 Å². The minimum Gasteiger partial charge on any atom is -0.508 e. The van der Waals surface area contributed by atoms with Gasteiger partial charge >= 0.3 is 0 Å². The van der Waals surface area contributed by atoms with Crippen molar-refractivity contribution >= 4 is 23.4 Å². The maximum absolute atomic E-state index is 13.5. The molecular formula is C23H23N3O5. The summed E-state index contributed by atoms with van der Waals surface area (Å²) in [6, 6.07) is 13.6. The van der Waals surface area contributed by atoms with E-state index >= 15 is 0 Å². The van der Waals surface area contributed by atoms with Gasteiger partial charge in [0.1, 0.15) is 11.3 Å². The van der Waals surface area contributed by atoms with Gasteiger partial charge in [-0.2, -0.15) is 0 Å². The Hall–Kier alpha value is -3.23. The number of phenolic OH excluding ortho intramolecular Hbond substituents is 1. The zero-order valence-corrected chi connectivity index (χ0v) is 17.0. The second-order valence-corrected chi connectivity index (χ2v) is 8.25. The Morgan fingerprint density at radius 2 is 1.81 bits per heavy atom. The molecule has 0 aliphatic carbocycles. The van der Waals surface area contributed by atoms with Crippen molar-refractivity contribution in [2.24, 2.45) is 11.8 Å². The van der Waals surface area contributed by atoms with Crippen molar-refractivity contribution in [3.8, 4) is 5.75 Å². The van der Waals surface area contributed by atoms with Crippen LogP contribution in [0.4, 0.5) is 5.69 Å². The van der Waals surface area contributed by atoms with Crippen molar-refractivity contribution in [2.45, 2.75) is 18.0 Å². The number of nitrogens with zero attached hydrogens (tertiary/aromatic N) is 1. The van der Waals surface area contributed by atoms with Gasteiger partial charge in [0.2, 0.25) is 17.7 Å². The van der Waals surface area contributed by atoms with Gasteiger partial charge in [-0.1, -0.05) is 30.3 Å². The number of ether oxygens (including phenoxy) is 1. The lowest BCUT2D eigenvalue weighted by molar-refractivity contribution is -0.143. The van der Waals surface area contributed by atoms with E-state index in [-0.39, 0.29) is 36.6 Å². The molecule has 5 rings (SSSR count). The third-order valence-electron chi connectivity index (χ3n) is 6.62.